The van der Waals surface area contributed by atoms with E-state index in [1.165, 1.54) is 24.3 Å². The average molecular weight is 704 g/mol. The molecule has 1 aromatic rings. The number of amides is 4. The number of ketones is 2. The van der Waals surface area contributed by atoms with Gasteiger partial charge in [-0.15, -0.1) is 0 Å². The Balaban J connectivity index is 2.25. The number of H-pyrrole nitrogens is 1. The first kappa shape index (κ1) is 40.6. The number of hydrogen-bond acceptors (Lipinski definition) is 12. The molecule has 270 valence electrons. The molecule has 0 bridgehead atoms. The molecule has 20 heteroatoms. The summed E-state index contributed by atoms with van der Waals surface area (Å²) in [6, 6.07) is -4.14. The van der Waals surface area contributed by atoms with Crippen molar-refractivity contribution >= 4 is 43.0 Å². The molecule has 0 radical (unpaired) electrons. The highest BCUT2D eigenvalue weighted by molar-refractivity contribution is 7.46. The number of hydroxylamine groups is 1. The molecule has 1 aliphatic rings. The van der Waals surface area contributed by atoms with E-state index in [-0.39, 0.29) is 31.7 Å². The summed E-state index contributed by atoms with van der Waals surface area (Å²) in [5, 5.41) is 24.4. The monoisotopic (exact) mass is 703 g/mol. The van der Waals surface area contributed by atoms with Crippen molar-refractivity contribution in [2.45, 2.75) is 90.1 Å². The van der Waals surface area contributed by atoms with Gasteiger partial charge in [-0.2, -0.15) is 0 Å². The number of nitrogens with one attached hydrogen (secondary N) is 4. The first-order valence-electron chi connectivity index (χ1n) is 15.3. The summed E-state index contributed by atoms with van der Waals surface area (Å²) in [6.45, 7) is 5.22. The number of aromatic nitrogens is 2. The molecule has 2 heterocycles. The third kappa shape index (κ3) is 12.5. The SMILES string of the molecule is CC(=O)N1C[C@@H](NO)C[C@H]1C(=O)N[C@@H](CC(C)C)C(=O)C[C@@H](Cc1cnc[nH]1)C(=O)N[C@@H](CO)C(=O)C[C@H](C(N)=O)[C@@H](C)OP(=O)(O)O. The molecule has 7 atom stereocenters. The van der Waals surface area contributed by atoms with E-state index in [9.17, 15) is 43.6 Å². The maximum absolute atomic E-state index is 13.7. The predicted octanol–water partition coefficient (Wildman–Crippen LogP) is -1.94. The molecule has 1 fully saturated rings. The van der Waals surface area contributed by atoms with Gasteiger partial charge in [0.05, 0.1) is 43.0 Å². The van der Waals surface area contributed by atoms with E-state index >= 15 is 0 Å². The zero-order chi connectivity index (χ0) is 36.3. The van der Waals surface area contributed by atoms with Gasteiger partial charge in [0.25, 0.3) is 0 Å². The number of imidazole rings is 1. The number of nitrogens with two attached hydrogens (primary N) is 1. The highest BCUT2D eigenvalue weighted by Crippen LogP contribution is 2.39. The molecule has 0 aliphatic carbocycles. The highest BCUT2D eigenvalue weighted by Gasteiger charge is 2.40. The van der Waals surface area contributed by atoms with E-state index in [1.54, 1.807) is 0 Å². The molecule has 10 N–H and O–H groups in total. The van der Waals surface area contributed by atoms with Crippen molar-refractivity contribution in [1.29, 1.82) is 0 Å². The molecule has 48 heavy (non-hydrogen) atoms. The van der Waals surface area contributed by atoms with Gasteiger partial charge < -0.3 is 46.4 Å². The summed E-state index contributed by atoms with van der Waals surface area (Å²) >= 11 is 0. The molecule has 0 spiro atoms. The lowest BCUT2D eigenvalue weighted by Crippen LogP contribution is -2.52. The van der Waals surface area contributed by atoms with Crippen LogP contribution in [0.1, 0.15) is 59.1 Å². The zero-order valence-corrected chi connectivity index (χ0v) is 28.1. The minimum Gasteiger partial charge on any atom is -0.394 e. The fourth-order valence-electron chi connectivity index (χ4n) is 5.51. The van der Waals surface area contributed by atoms with Gasteiger partial charge >= 0.3 is 7.82 Å². The summed E-state index contributed by atoms with van der Waals surface area (Å²) in [6.07, 6.45) is 0.371. The average Bonchev–Trinajstić information content (AvgIpc) is 3.66. The number of carbonyl (C=O) groups excluding carboxylic acids is 6. The fourth-order valence-corrected chi connectivity index (χ4v) is 6.09. The Kier molecular flexibility index (Phi) is 15.4. The van der Waals surface area contributed by atoms with Crippen molar-refractivity contribution in [2.24, 2.45) is 23.5 Å². The number of phosphoric acid groups is 1. The van der Waals surface area contributed by atoms with Crippen molar-refractivity contribution < 1.29 is 58.0 Å². The number of likely N-dealkylation sites (tertiary alicyclic amines) is 1. The van der Waals surface area contributed by atoms with Gasteiger partial charge in [-0.05, 0) is 25.7 Å². The summed E-state index contributed by atoms with van der Waals surface area (Å²) in [5.41, 5.74) is 7.84. The van der Waals surface area contributed by atoms with Crippen molar-refractivity contribution in [3.8, 4) is 0 Å². The topological polar surface area (TPSA) is 304 Å². The summed E-state index contributed by atoms with van der Waals surface area (Å²) in [5.74, 6) is -7.09. The third-order valence-electron chi connectivity index (χ3n) is 7.99. The lowest BCUT2D eigenvalue weighted by molar-refractivity contribution is -0.138. The van der Waals surface area contributed by atoms with Crippen LogP contribution in [-0.4, -0.2) is 114 Å². The molecule has 1 saturated heterocycles. The van der Waals surface area contributed by atoms with Crippen molar-refractivity contribution in [1.82, 2.24) is 31.0 Å². The van der Waals surface area contributed by atoms with Crippen molar-refractivity contribution in [2.75, 3.05) is 13.2 Å². The number of rotatable bonds is 20. The molecule has 0 aromatic carbocycles. The van der Waals surface area contributed by atoms with Crippen LogP contribution in [0.2, 0.25) is 0 Å². The molecule has 1 aromatic heterocycles. The summed E-state index contributed by atoms with van der Waals surface area (Å²) < 4.78 is 15.7. The minimum absolute atomic E-state index is 0.0616. The van der Waals surface area contributed by atoms with Crippen LogP contribution in [0.4, 0.5) is 0 Å². The molecular weight excluding hydrogens is 657 g/mol. The van der Waals surface area contributed by atoms with Crippen molar-refractivity contribution in [3.05, 3.63) is 18.2 Å². The lowest BCUT2D eigenvalue weighted by Gasteiger charge is -2.27. The van der Waals surface area contributed by atoms with E-state index in [0.717, 1.165) is 6.92 Å². The quantitative estimate of drug-likeness (QED) is 0.0528. The largest absolute Gasteiger partial charge is 0.469 e. The maximum Gasteiger partial charge on any atom is 0.469 e. The summed E-state index contributed by atoms with van der Waals surface area (Å²) in [4.78, 5) is 104. The van der Waals surface area contributed by atoms with Crippen LogP contribution in [0.15, 0.2) is 12.5 Å². The molecule has 0 unspecified atom stereocenters. The Labute approximate surface area is 276 Å². The van der Waals surface area contributed by atoms with Crippen LogP contribution in [0, 0.1) is 17.8 Å². The number of hydrogen-bond donors (Lipinski definition) is 9. The van der Waals surface area contributed by atoms with Gasteiger partial charge in [0.2, 0.25) is 23.6 Å². The van der Waals surface area contributed by atoms with Crippen molar-refractivity contribution in [3.63, 3.8) is 0 Å². The van der Waals surface area contributed by atoms with Gasteiger partial charge in [0.1, 0.15) is 12.1 Å². The van der Waals surface area contributed by atoms with Crippen LogP contribution in [-0.2, 0) is 44.3 Å². The number of nitrogens with zero attached hydrogens (tertiary/aromatic N) is 2. The van der Waals surface area contributed by atoms with Gasteiger partial charge in [0, 0.05) is 44.6 Å². The predicted molar refractivity (Wildman–Crippen MR) is 165 cm³/mol. The van der Waals surface area contributed by atoms with Gasteiger partial charge in [-0.3, -0.25) is 33.3 Å². The van der Waals surface area contributed by atoms with Gasteiger partial charge in [-0.25, -0.2) is 15.0 Å². The van der Waals surface area contributed by atoms with Gasteiger partial charge in [-0.1, -0.05) is 13.8 Å². The number of aliphatic hydroxyl groups is 1. The van der Waals surface area contributed by atoms with Crippen LogP contribution >= 0.6 is 7.82 Å². The lowest BCUT2D eigenvalue weighted by atomic mass is 9.89. The second-order valence-corrected chi connectivity index (χ2v) is 13.5. The van der Waals surface area contributed by atoms with Crippen LogP contribution in [0.3, 0.4) is 0 Å². The smallest absolute Gasteiger partial charge is 0.394 e. The Hall–Kier alpha value is -3.58. The molecule has 4 amide bonds. The number of Topliss-reactive ketones (excluding diaryl/α,β-unsaturated/α-hetero) is 2. The maximum atomic E-state index is 13.7. The van der Waals surface area contributed by atoms with E-state index in [0.29, 0.717) is 5.69 Å². The third-order valence-corrected chi connectivity index (χ3v) is 8.59. The number of carbonyl (C=O) groups is 6. The molecule has 0 saturated carbocycles. The zero-order valence-electron chi connectivity index (χ0n) is 27.2. The Morgan fingerprint density at radius 2 is 1.75 bits per heavy atom. The number of primary amides is 1. The summed E-state index contributed by atoms with van der Waals surface area (Å²) in [7, 11) is -5.05. The normalized spacial score (nSPS) is 19.6. The number of aliphatic hydroxyl groups excluding tert-OH is 1. The van der Waals surface area contributed by atoms with E-state index in [4.69, 9.17) is 15.5 Å². The van der Waals surface area contributed by atoms with Crippen LogP contribution in [0.25, 0.3) is 0 Å². The second-order valence-electron chi connectivity index (χ2n) is 12.3. The van der Waals surface area contributed by atoms with Crippen LogP contribution in [0.5, 0.6) is 0 Å². The Morgan fingerprint density at radius 3 is 2.25 bits per heavy atom. The first-order chi connectivity index (χ1) is 22.4. The number of aromatic amines is 1. The Bertz CT molecular complexity index is 1340. The molecular formula is C28H46N7O12P. The fraction of sp³-hybridized carbons (Fsp3) is 0.679. The van der Waals surface area contributed by atoms with E-state index in [1.807, 2.05) is 13.8 Å². The second kappa shape index (κ2) is 18.3. The Morgan fingerprint density at radius 1 is 1.10 bits per heavy atom. The molecule has 19 nitrogen and oxygen atoms in total. The highest BCUT2D eigenvalue weighted by atomic mass is 31.2. The van der Waals surface area contributed by atoms with Gasteiger partial charge in [0.15, 0.2) is 11.6 Å². The number of phosphoric ester groups is 1. The van der Waals surface area contributed by atoms with E-state index in [2.05, 4.69) is 30.6 Å². The molecule has 1 aliphatic heterocycles. The standard InChI is InChI=1S/C28H46N7O12P/c1-14(2)5-21(32-28(42)23-8-19(34-43)11-35(23)16(4)37)24(38)7-17(6-18-10-30-13-31-18)27(41)33-22(12-36)25(39)9-20(26(29)40)15(3)47-48(44,45)46/h10,13-15,17,19-23,34,36,43H,5-9,11-12H2,1-4H3,(H2,29,40)(H,30,31)(H,32,42)(H,33,41)(H2,44,45,46)/t15-,17-,19+,20+,21+,22+,23+/m1/s1. The minimum atomic E-state index is -5.05. The van der Waals surface area contributed by atoms with Crippen LogP contribution < -0.4 is 21.8 Å². The van der Waals surface area contributed by atoms with E-state index < -0.39 is 105 Å². The first-order valence-corrected chi connectivity index (χ1v) is 16.8. The molecule has 2 rings (SSSR count).